The maximum absolute atomic E-state index is 12.3. The molecule has 0 spiro atoms. The highest BCUT2D eigenvalue weighted by molar-refractivity contribution is 6.32. The Balaban J connectivity index is 1.34. The normalized spacial score (nSPS) is 14.9. The van der Waals surface area contributed by atoms with Gasteiger partial charge in [-0.3, -0.25) is 19.4 Å². The summed E-state index contributed by atoms with van der Waals surface area (Å²) in [5.41, 5.74) is 1.42. The zero-order valence-electron chi connectivity index (χ0n) is 17.1. The average molecular weight is 431 g/mol. The Hall–Kier alpha value is -2.61. The number of hydrogen-bond acceptors (Lipinski definition) is 5. The minimum absolute atomic E-state index is 0.0437. The van der Waals surface area contributed by atoms with Gasteiger partial charge in [0.25, 0.3) is 0 Å². The number of benzene rings is 2. The first-order valence-electron chi connectivity index (χ1n) is 9.99. The van der Waals surface area contributed by atoms with Gasteiger partial charge in [0.05, 0.1) is 11.6 Å². The molecule has 1 fully saturated rings. The van der Waals surface area contributed by atoms with Crippen LogP contribution in [-0.2, 0) is 9.59 Å². The van der Waals surface area contributed by atoms with Gasteiger partial charge in [-0.2, -0.15) is 0 Å². The van der Waals surface area contributed by atoms with E-state index >= 15 is 0 Å². The van der Waals surface area contributed by atoms with Gasteiger partial charge in [-0.1, -0.05) is 23.7 Å². The molecule has 1 aliphatic rings. The van der Waals surface area contributed by atoms with Crippen LogP contribution in [0.4, 0.5) is 11.4 Å². The molecule has 0 unspecified atom stereocenters. The van der Waals surface area contributed by atoms with E-state index in [0.29, 0.717) is 35.3 Å². The smallest absolute Gasteiger partial charge is 0.238 e. The second-order valence-corrected chi connectivity index (χ2v) is 7.61. The summed E-state index contributed by atoms with van der Waals surface area (Å²) in [4.78, 5) is 27.8. The van der Waals surface area contributed by atoms with E-state index in [9.17, 15) is 9.59 Å². The number of carbonyl (C=O) groups is 2. The summed E-state index contributed by atoms with van der Waals surface area (Å²) in [7, 11) is 0. The summed E-state index contributed by atoms with van der Waals surface area (Å²) < 4.78 is 5.75. The van der Waals surface area contributed by atoms with Crippen LogP contribution in [0.5, 0.6) is 5.75 Å². The average Bonchev–Trinajstić information content (AvgIpc) is 2.72. The largest absolute Gasteiger partial charge is 0.491 e. The molecular weight excluding hydrogens is 404 g/mol. The quantitative estimate of drug-likeness (QED) is 0.673. The fourth-order valence-electron chi connectivity index (χ4n) is 3.26. The Kier molecular flexibility index (Phi) is 8.07. The Labute approximate surface area is 181 Å². The van der Waals surface area contributed by atoms with E-state index in [-0.39, 0.29) is 11.8 Å². The predicted molar refractivity (Wildman–Crippen MR) is 119 cm³/mol. The van der Waals surface area contributed by atoms with E-state index in [4.69, 9.17) is 16.3 Å². The summed E-state index contributed by atoms with van der Waals surface area (Å²) in [5.74, 6) is 0.540. The lowest BCUT2D eigenvalue weighted by atomic mass is 10.2. The van der Waals surface area contributed by atoms with Gasteiger partial charge < -0.3 is 15.4 Å². The lowest BCUT2D eigenvalue weighted by molar-refractivity contribution is -0.117. The highest BCUT2D eigenvalue weighted by Gasteiger charge is 2.19. The molecule has 30 heavy (non-hydrogen) atoms. The van der Waals surface area contributed by atoms with Gasteiger partial charge in [-0.25, -0.2) is 0 Å². The van der Waals surface area contributed by atoms with Crippen molar-refractivity contribution in [3.8, 4) is 5.75 Å². The molecule has 0 aliphatic carbocycles. The third-order valence-electron chi connectivity index (χ3n) is 4.82. The number of ether oxygens (including phenoxy) is 1. The second kappa shape index (κ2) is 11.0. The summed E-state index contributed by atoms with van der Waals surface area (Å²) >= 11 is 6.10. The maximum Gasteiger partial charge on any atom is 0.238 e. The van der Waals surface area contributed by atoms with Crippen molar-refractivity contribution in [3.05, 3.63) is 53.6 Å². The topological polar surface area (TPSA) is 73.9 Å². The second-order valence-electron chi connectivity index (χ2n) is 7.20. The van der Waals surface area contributed by atoms with Gasteiger partial charge in [-0.05, 0) is 36.4 Å². The van der Waals surface area contributed by atoms with Crippen LogP contribution in [0.3, 0.4) is 0 Å². The van der Waals surface area contributed by atoms with Crippen LogP contribution in [0.2, 0.25) is 5.02 Å². The number of rotatable bonds is 8. The summed E-state index contributed by atoms with van der Waals surface area (Å²) in [6, 6.07) is 14.6. The summed E-state index contributed by atoms with van der Waals surface area (Å²) in [5, 5.41) is 6.22. The molecule has 1 saturated heterocycles. The van der Waals surface area contributed by atoms with Gasteiger partial charge in [-0.15, -0.1) is 0 Å². The van der Waals surface area contributed by atoms with Crippen LogP contribution >= 0.6 is 11.6 Å². The molecule has 1 aliphatic heterocycles. The standard InChI is InChI=1S/C22H27ClN4O3/c1-17(28)24-18-6-8-19(9-7-18)25-22(29)16-27-12-10-26(11-13-27)14-15-30-21-5-3-2-4-20(21)23/h2-9H,10-16H2,1H3,(H,24,28)(H,25,29). The molecule has 7 nitrogen and oxygen atoms in total. The molecule has 2 aromatic rings. The van der Waals surface area contributed by atoms with Crippen LogP contribution in [-0.4, -0.2) is 67.5 Å². The molecule has 8 heteroatoms. The predicted octanol–water partition coefficient (Wildman–Crippen LogP) is 2.93. The number of anilines is 2. The Morgan fingerprint density at radius 3 is 2.17 bits per heavy atom. The van der Waals surface area contributed by atoms with Crippen molar-refractivity contribution in [3.63, 3.8) is 0 Å². The van der Waals surface area contributed by atoms with Crippen molar-refractivity contribution in [2.75, 3.05) is 56.5 Å². The molecule has 2 N–H and O–H groups in total. The van der Waals surface area contributed by atoms with Crippen LogP contribution in [0.25, 0.3) is 0 Å². The summed E-state index contributed by atoms with van der Waals surface area (Å²) in [6.45, 7) is 6.68. The number of nitrogens with one attached hydrogen (secondary N) is 2. The number of hydrogen-bond donors (Lipinski definition) is 2. The number of nitrogens with zero attached hydrogens (tertiary/aromatic N) is 2. The van der Waals surface area contributed by atoms with Gasteiger partial charge in [0.15, 0.2) is 0 Å². The van der Waals surface area contributed by atoms with Gasteiger partial charge in [0.2, 0.25) is 11.8 Å². The van der Waals surface area contributed by atoms with E-state index in [2.05, 4.69) is 20.4 Å². The number of halogens is 1. The first kappa shape index (κ1) is 22.1. The molecule has 0 radical (unpaired) electrons. The van der Waals surface area contributed by atoms with Gasteiger partial charge >= 0.3 is 0 Å². The minimum atomic E-state index is -0.124. The number of carbonyl (C=O) groups excluding carboxylic acids is 2. The van der Waals surface area contributed by atoms with Crippen molar-refractivity contribution in [1.82, 2.24) is 9.80 Å². The Morgan fingerprint density at radius 2 is 1.53 bits per heavy atom. The maximum atomic E-state index is 12.3. The van der Waals surface area contributed by atoms with E-state index in [0.717, 1.165) is 32.7 Å². The first-order valence-corrected chi connectivity index (χ1v) is 10.4. The van der Waals surface area contributed by atoms with Crippen molar-refractivity contribution in [2.24, 2.45) is 0 Å². The fourth-order valence-corrected chi connectivity index (χ4v) is 3.45. The third-order valence-corrected chi connectivity index (χ3v) is 5.14. The molecule has 1 heterocycles. The van der Waals surface area contributed by atoms with E-state index < -0.39 is 0 Å². The number of amides is 2. The van der Waals surface area contributed by atoms with Crippen molar-refractivity contribution in [2.45, 2.75) is 6.92 Å². The molecule has 2 aromatic carbocycles. The Bertz CT molecular complexity index is 852. The highest BCUT2D eigenvalue weighted by Crippen LogP contribution is 2.23. The van der Waals surface area contributed by atoms with Crippen molar-refractivity contribution < 1.29 is 14.3 Å². The van der Waals surface area contributed by atoms with E-state index in [1.807, 2.05) is 24.3 Å². The van der Waals surface area contributed by atoms with Crippen molar-refractivity contribution >= 4 is 34.8 Å². The first-order chi connectivity index (χ1) is 14.5. The molecule has 0 atom stereocenters. The SMILES string of the molecule is CC(=O)Nc1ccc(NC(=O)CN2CCN(CCOc3ccccc3Cl)CC2)cc1. The lowest BCUT2D eigenvalue weighted by Crippen LogP contribution is -2.49. The van der Waals surface area contributed by atoms with Crippen LogP contribution in [0.1, 0.15) is 6.92 Å². The van der Waals surface area contributed by atoms with E-state index in [1.165, 1.54) is 6.92 Å². The van der Waals surface area contributed by atoms with Gasteiger partial charge in [0.1, 0.15) is 12.4 Å². The molecular formula is C22H27ClN4O3. The molecule has 0 aromatic heterocycles. The van der Waals surface area contributed by atoms with Crippen LogP contribution in [0, 0.1) is 0 Å². The number of para-hydroxylation sites is 1. The molecule has 2 amide bonds. The summed E-state index contributed by atoms with van der Waals surface area (Å²) in [6.07, 6.45) is 0. The lowest BCUT2D eigenvalue weighted by Gasteiger charge is -2.34. The van der Waals surface area contributed by atoms with Crippen molar-refractivity contribution in [1.29, 1.82) is 0 Å². The fraction of sp³-hybridized carbons (Fsp3) is 0.364. The third kappa shape index (κ3) is 7.02. The van der Waals surface area contributed by atoms with Gasteiger partial charge in [0, 0.05) is 51.0 Å². The minimum Gasteiger partial charge on any atom is -0.491 e. The highest BCUT2D eigenvalue weighted by atomic mass is 35.5. The monoisotopic (exact) mass is 430 g/mol. The molecule has 0 bridgehead atoms. The zero-order valence-corrected chi connectivity index (χ0v) is 17.8. The van der Waals surface area contributed by atoms with Crippen LogP contribution in [0.15, 0.2) is 48.5 Å². The molecule has 3 rings (SSSR count). The Morgan fingerprint density at radius 1 is 0.933 bits per heavy atom. The molecule has 160 valence electrons. The molecule has 0 saturated carbocycles. The van der Waals surface area contributed by atoms with Crippen LogP contribution < -0.4 is 15.4 Å². The zero-order chi connectivity index (χ0) is 21.3. The number of piperazine rings is 1. The van der Waals surface area contributed by atoms with E-state index in [1.54, 1.807) is 24.3 Å².